The van der Waals surface area contributed by atoms with Gasteiger partial charge >= 0.3 is 0 Å². The number of rotatable bonds is 7. The van der Waals surface area contributed by atoms with Crippen molar-refractivity contribution in [3.05, 3.63) is 0 Å². The summed E-state index contributed by atoms with van der Waals surface area (Å²) in [6, 6.07) is 0. The summed E-state index contributed by atoms with van der Waals surface area (Å²) in [4.78, 5) is 1.30. The predicted octanol–water partition coefficient (Wildman–Crippen LogP) is -0.567. The van der Waals surface area contributed by atoms with Gasteiger partial charge in [0.1, 0.15) is 25.3 Å². The van der Waals surface area contributed by atoms with E-state index < -0.39 is 0 Å². The Kier molecular flexibility index (Phi) is 7.23. The van der Waals surface area contributed by atoms with Gasteiger partial charge in [-0.2, -0.15) is 0 Å². The van der Waals surface area contributed by atoms with Crippen LogP contribution in [0.5, 0.6) is 0 Å². The molecule has 2 unspecified atom stereocenters. The second kappa shape index (κ2) is 7.30. The van der Waals surface area contributed by atoms with E-state index in [0.29, 0.717) is 0 Å². The fourth-order valence-corrected chi connectivity index (χ4v) is 1.55. The van der Waals surface area contributed by atoms with Crippen molar-refractivity contribution in [3.63, 3.8) is 0 Å². The van der Waals surface area contributed by atoms with Crippen LogP contribution in [-0.4, -0.2) is 42.1 Å². The quantitative estimate of drug-likeness (QED) is 0.503. The molecule has 0 aromatic rings. The number of aliphatic hydroxyl groups is 2. The van der Waals surface area contributed by atoms with Gasteiger partial charge in [-0.15, -0.1) is 0 Å². The van der Waals surface area contributed by atoms with E-state index in [9.17, 15) is 10.2 Å². The second-order valence-corrected chi connectivity index (χ2v) is 3.96. The van der Waals surface area contributed by atoms with E-state index in [0.717, 1.165) is 26.1 Å². The standard InChI is InChI=1S/C10H23NO2/c1-4-5-6-11(7-9(2)12)8-10(3)13/h9-10,12-13H,4-8H2,1-3H3/p+1. The van der Waals surface area contributed by atoms with E-state index in [2.05, 4.69) is 6.92 Å². The normalized spacial score (nSPS) is 18.2. The van der Waals surface area contributed by atoms with E-state index in [-0.39, 0.29) is 12.2 Å². The molecule has 80 valence electrons. The molecule has 3 N–H and O–H groups in total. The summed E-state index contributed by atoms with van der Waals surface area (Å²) in [5, 5.41) is 18.5. The third-order valence-electron chi connectivity index (χ3n) is 2.05. The van der Waals surface area contributed by atoms with E-state index in [4.69, 9.17) is 0 Å². The van der Waals surface area contributed by atoms with Crippen LogP contribution >= 0.6 is 0 Å². The van der Waals surface area contributed by atoms with Crippen molar-refractivity contribution in [2.45, 2.75) is 45.8 Å². The Labute approximate surface area is 81.4 Å². The van der Waals surface area contributed by atoms with Gasteiger partial charge in [0, 0.05) is 0 Å². The first kappa shape index (κ1) is 12.9. The Morgan fingerprint density at radius 3 is 1.85 bits per heavy atom. The van der Waals surface area contributed by atoms with Gasteiger partial charge in [-0.05, 0) is 20.3 Å². The lowest BCUT2D eigenvalue weighted by Gasteiger charge is -2.21. The summed E-state index contributed by atoms with van der Waals surface area (Å²) >= 11 is 0. The minimum atomic E-state index is -0.273. The molecule has 0 fully saturated rings. The van der Waals surface area contributed by atoms with E-state index >= 15 is 0 Å². The summed E-state index contributed by atoms with van der Waals surface area (Å²) in [5.74, 6) is 0. The summed E-state index contributed by atoms with van der Waals surface area (Å²) in [6.07, 6.45) is 1.79. The summed E-state index contributed by atoms with van der Waals surface area (Å²) in [6.45, 7) is 8.28. The Bertz CT molecular complexity index is 105. The smallest absolute Gasteiger partial charge is 0.103 e. The van der Waals surface area contributed by atoms with E-state index in [1.165, 1.54) is 11.3 Å². The first-order chi connectivity index (χ1) is 6.06. The predicted molar refractivity (Wildman–Crippen MR) is 53.8 cm³/mol. The molecular formula is C10H24NO2+. The number of quaternary nitrogens is 1. The molecule has 3 nitrogen and oxygen atoms in total. The molecule has 0 aromatic carbocycles. The molecule has 2 atom stereocenters. The maximum absolute atomic E-state index is 9.23. The molecule has 0 spiro atoms. The monoisotopic (exact) mass is 190 g/mol. The zero-order valence-electron chi connectivity index (χ0n) is 9.08. The summed E-state index contributed by atoms with van der Waals surface area (Å²) < 4.78 is 0. The molecule has 0 aliphatic heterocycles. The molecule has 0 saturated heterocycles. The number of hydrogen-bond acceptors (Lipinski definition) is 2. The van der Waals surface area contributed by atoms with E-state index in [1.54, 1.807) is 13.8 Å². The third kappa shape index (κ3) is 8.22. The fourth-order valence-electron chi connectivity index (χ4n) is 1.55. The highest BCUT2D eigenvalue weighted by molar-refractivity contribution is 4.45. The Balaban J connectivity index is 3.73. The van der Waals surface area contributed by atoms with Crippen LogP contribution in [0.2, 0.25) is 0 Å². The first-order valence-corrected chi connectivity index (χ1v) is 5.26. The van der Waals surface area contributed by atoms with Crippen LogP contribution in [0.15, 0.2) is 0 Å². The third-order valence-corrected chi connectivity index (χ3v) is 2.05. The van der Waals surface area contributed by atoms with Crippen LogP contribution in [0, 0.1) is 0 Å². The van der Waals surface area contributed by atoms with Crippen LogP contribution < -0.4 is 4.90 Å². The molecule has 0 amide bonds. The van der Waals surface area contributed by atoms with Crippen LogP contribution in [0.4, 0.5) is 0 Å². The molecule has 13 heavy (non-hydrogen) atoms. The molecule has 0 radical (unpaired) electrons. The van der Waals surface area contributed by atoms with Crippen LogP contribution in [0.25, 0.3) is 0 Å². The first-order valence-electron chi connectivity index (χ1n) is 5.26. The second-order valence-electron chi connectivity index (χ2n) is 3.96. The molecule has 0 saturated carbocycles. The zero-order valence-corrected chi connectivity index (χ0v) is 9.08. The highest BCUT2D eigenvalue weighted by atomic mass is 16.3. The number of nitrogens with one attached hydrogen (secondary N) is 1. The van der Waals surface area contributed by atoms with Crippen molar-refractivity contribution in [2.75, 3.05) is 19.6 Å². The topological polar surface area (TPSA) is 44.9 Å². The van der Waals surface area contributed by atoms with Gasteiger partial charge in [0.25, 0.3) is 0 Å². The van der Waals surface area contributed by atoms with Crippen molar-refractivity contribution >= 4 is 0 Å². The molecule has 0 bridgehead atoms. The van der Waals surface area contributed by atoms with Gasteiger partial charge in [-0.25, -0.2) is 0 Å². The van der Waals surface area contributed by atoms with Gasteiger partial charge < -0.3 is 15.1 Å². The minimum Gasteiger partial charge on any atom is -0.388 e. The van der Waals surface area contributed by atoms with Crippen LogP contribution in [0.1, 0.15) is 33.6 Å². The number of aliphatic hydroxyl groups excluding tert-OH is 2. The minimum absolute atomic E-state index is 0.273. The van der Waals surface area contributed by atoms with Crippen molar-refractivity contribution in [1.29, 1.82) is 0 Å². The van der Waals surface area contributed by atoms with Gasteiger partial charge in [0.05, 0.1) is 6.54 Å². The Hall–Kier alpha value is -0.120. The van der Waals surface area contributed by atoms with Gasteiger partial charge in [-0.1, -0.05) is 13.3 Å². The highest BCUT2D eigenvalue weighted by Gasteiger charge is 2.13. The Morgan fingerprint density at radius 2 is 1.54 bits per heavy atom. The van der Waals surface area contributed by atoms with Gasteiger partial charge in [-0.3, -0.25) is 0 Å². The molecule has 0 aliphatic carbocycles. The van der Waals surface area contributed by atoms with Crippen molar-refractivity contribution in [3.8, 4) is 0 Å². The molecule has 0 rings (SSSR count). The van der Waals surface area contributed by atoms with Crippen LogP contribution in [-0.2, 0) is 0 Å². The fraction of sp³-hybridized carbons (Fsp3) is 1.00. The molecule has 3 heteroatoms. The highest BCUT2D eigenvalue weighted by Crippen LogP contribution is 1.81. The summed E-state index contributed by atoms with van der Waals surface area (Å²) in [7, 11) is 0. The maximum atomic E-state index is 9.23. The lowest BCUT2D eigenvalue weighted by atomic mass is 10.2. The SMILES string of the molecule is CCCC[NH+](CC(C)O)CC(C)O. The lowest BCUT2D eigenvalue weighted by molar-refractivity contribution is -0.906. The molecular weight excluding hydrogens is 166 g/mol. The van der Waals surface area contributed by atoms with Crippen molar-refractivity contribution < 1.29 is 15.1 Å². The number of unbranched alkanes of at least 4 members (excludes halogenated alkanes) is 1. The van der Waals surface area contributed by atoms with Gasteiger partial charge in [0.2, 0.25) is 0 Å². The van der Waals surface area contributed by atoms with Crippen molar-refractivity contribution in [1.82, 2.24) is 0 Å². The zero-order chi connectivity index (χ0) is 10.3. The molecule has 0 heterocycles. The van der Waals surface area contributed by atoms with E-state index in [1.807, 2.05) is 0 Å². The molecule has 0 aromatic heterocycles. The number of hydrogen-bond donors (Lipinski definition) is 3. The lowest BCUT2D eigenvalue weighted by Crippen LogP contribution is -3.14. The van der Waals surface area contributed by atoms with Crippen molar-refractivity contribution in [2.24, 2.45) is 0 Å². The largest absolute Gasteiger partial charge is 0.388 e. The van der Waals surface area contributed by atoms with Gasteiger partial charge in [0.15, 0.2) is 0 Å². The average molecular weight is 190 g/mol. The molecule has 0 aliphatic rings. The average Bonchev–Trinajstić information content (AvgIpc) is 1.98. The summed E-state index contributed by atoms with van der Waals surface area (Å²) in [5.41, 5.74) is 0. The maximum Gasteiger partial charge on any atom is 0.103 e. The van der Waals surface area contributed by atoms with Crippen LogP contribution in [0.3, 0.4) is 0 Å². The Morgan fingerprint density at radius 1 is 1.08 bits per heavy atom.